The van der Waals surface area contributed by atoms with Crippen molar-refractivity contribution in [2.24, 2.45) is 0 Å². The third kappa shape index (κ3) is 4.05. The van der Waals surface area contributed by atoms with Gasteiger partial charge < -0.3 is 5.32 Å². The van der Waals surface area contributed by atoms with Crippen LogP contribution in [0.5, 0.6) is 0 Å². The van der Waals surface area contributed by atoms with E-state index in [4.69, 9.17) is 0 Å². The first-order chi connectivity index (χ1) is 7.63. The van der Waals surface area contributed by atoms with Gasteiger partial charge in [-0.05, 0) is 42.8 Å². The summed E-state index contributed by atoms with van der Waals surface area (Å²) in [6.45, 7) is 6.70. The lowest BCUT2D eigenvalue weighted by Crippen LogP contribution is -2.41. The summed E-state index contributed by atoms with van der Waals surface area (Å²) in [4.78, 5) is 2.45. The highest BCUT2D eigenvalue weighted by molar-refractivity contribution is 9.10. The van der Waals surface area contributed by atoms with E-state index in [0.29, 0.717) is 13.1 Å². The summed E-state index contributed by atoms with van der Waals surface area (Å²) >= 11 is 5.18. The molecule has 0 atom stereocenters. The molecule has 6 heteroatoms. The van der Waals surface area contributed by atoms with E-state index in [0.717, 1.165) is 4.47 Å². The van der Waals surface area contributed by atoms with E-state index in [2.05, 4.69) is 34.2 Å². The molecule has 98 valence electrons. The Bertz CT molecular complexity index is 472. The van der Waals surface area contributed by atoms with Gasteiger partial charge >= 0.3 is 0 Å². The quantitative estimate of drug-likeness (QED) is 0.897. The van der Waals surface area contributed by atoms with Gasteiger partial charge in [-0.3, -0.25) is 0 Å². The minimum absolute atomic E-state index is 0.459. The topological polar surface area (TPSA) is 46.2 Å². The smallest absolute Gasteiger partial charge is 0.153 e. The molecule has 1 heterocycles. The van der Waals surface area contributed by atoms with Crippen molar-refractivity contribution in [1.29, 1.82) is 0 Å². The van der Waals surface area contributed by atoms with Crippen LogP contribution in [0.1, 0.15) is 23.6 Å². The molecule has 1 aromatic heterocycles. The summed E-state index contributed by atoms with van der Waals surface area (Å²) in [5, 5.41) is 3.20. The van der Waals surface area contributed by atoms with E-state index in [-0.39, 0.29) is 0 Å². The summed E-state index contributed by atoms with van der Waals surface area (Å²) in [5.41, 5.74) is 0. The van der Waals surface area contributed by atoms with E-state index in [1.807, 2.05) is 0 Å². The Kier molecular flexibility index (Phi) is 4.80. The van der Waals surface area contributed by atoms with Gasteiger partial charge in [-0.25, -0.2) is 8.42 Å². The maximum atomic E-state index is 11.5. The van der Waals surface area contributed by atoms with Crippen LogP contribution < -0.4 is 5.32 Å². The second-order valence-corrected chi connectivity index (χ2v) is 9.60. The second-order valence-electron chi connectivity index (χ2n) is 4.75. The van der Waals surface area contributed by atoms with Crippen LogP contribution in [0.25, 0.3) is 0 Å². The molecule has 0 amide bonds. The molecule has 17 heavy (non-hydrogen) atoms. The molecule has 0 saturated carbocycles. The van der Waals surface area contributed by atoms with Crippen molar-refractivity contribution in [1.82, 2.24) is 5.32 Å². The fourth-order valence-electron chi connectivity index (χ4n) is 1.22. The number of nitrogens with one attached hydrogen (secondary N) is 1. The number of thiophene rings is 1. The minimum atomic E-state index is -3.03. The Hall–Kier alpha value is 0.0900. The van der Waals surface area contributed by atoms with Gasteiger partial charge in [0.2, 0.25) is 0 Å². The van der Waals surface area contributed by atoms with Crippen molar-refractivity contribution in [3.63, 3.8) is 0 Å². The number of hydrogen-bond acceptors (Lipinski definition) is 4. The van der Waals surface area contributed by atoms with Crippen LogP contribution in [0.4, 0.5) is 0 Å². The van der Waals surface area contributed by atoms with Crippen molar-refractivity contribution in [2.45, 2.75) is 32.1 Å². The van der Waals surface area contributed by atoms with Crippen LogP contribution in [0, 0.1) is 6.92 Å². The molecule has 1 aromatic rings. The molecule has 0 spiro atoms. The van der Waals surface area contributed by atoms with Gasteiger partial charge in [0.15, 0.2) is 9.84 Å². The van der Waals surface area contributed by atoms with Gasteiger partial charge in [0, 0.05) is 33.6 Å². The summed E-state index contributed by atoms with van der Waals surface area (Å²) in [7, 11) is -3.03. The average molecular weight is 340 g/mol. The maximum absolute atomic E-state index is 11.5. The number of rotatable bonds is 5. The highest BCUT2D eigenvalue weighted by atomic mass is 79.9. The number of aryl methyl sites for hydroxylation is 1. The van der Waals surface area contributed by atoms with Gasteiger partial charge in [0.25, 0.3) is 0 Å². The molecular formula is C11H18BrNO2S2. The molecule has 0 aliphatic heterocycles. The van der Waals surface area contributed by atoms with Crippen LogP contribution in [-0.4, -0.2) is 26.0 Å². The first-order valence-corrected chi connectivity index (χ1v) is 8.79. The van der Waals surface area contributed by atoms with Crippen LogP contribution >= 0.6 is 27.3 Å². The Morgan fingerprint density at radius 3 is 2.47 bits per heavy atom. The molecule has 0 aliphatic rings. The van der Waals surface area contributed by atoms with Crippen LogP contribution in [-0.2, 0) is 16.4 Å². The molecule has 0 fully saturated rings. The van der Waals surface area contributed by atoms with E-state index in [1.165, 1.54) is 16.0 Å². The predicted octanol–water partition coefficient (Wildman–Crippen LogP) is 2.73. The third-order valence-electron chi connectivity index (χ3n) is 2.76. The average Bonchev–Trinajstić information content (AvgIpc) is 2.44. The molecule has 0 aromatic carbocycles. The third-order valence-corrected chi connectivity index (χ3v) is 7.05. The van der Waals surface area contributed by atoms with Gasteiger partial charge in [-0.2, -0.15) is 0 Å². The van der Waals surface area contributed by atoms with Crippen LogP contribution in [0.2, 0.25) is 0 Å². The predicted molar refractivity (Wildman–Crippen MR) is 77.4 cm³/mol. The SMILES string of the molecule is Cc1sc(CNCC(C)(C)S(C)(=O)=O)cc1Br. The van der Waals surface area contributed by atoms with Crippen molar-refractivity contribution >= 4 is 37.1 Å². The van der Waals surface area contributed by atoms with Crippen molar-refractivity contribution < 1.29 is 8.42 Å². The number of hydrogen-bond donors (Lipinski definition) is 1. The van der Waals surface area contributed by atoms with Gasteiger partial charge in [0.05, 0.1) is 4.75 Å². The first kappa shape index (κ1) is 15.1. The Balaban J connectivity index is 2.54. The second kappa shape index (κ2) is 5.38. The molecule has 1 N–H and O–H groups in total. The molecule has 1 rings (SSSR count). The fraction of sp³-hybridized carbons (Fsp3) is 0.636. The lowest BCUT2D eigenvalue weighted by Gasteiger charge is -2.22. The molecule has 3 nitrogen and oxygen atoms in total. The molecule has 0 radical (unpaired) electrons. The van der Waals surface area contributed by atoms with E-state index >= 15 is 0 Å². The summed E-state index contributed by atoms with van der Waals surface area (Å²) in [6, 6.07) is 2.07. The monoisotopic (exact) mass is 339 g/mol. The van der Waals surface area contributed by atoms with Gasteiger partial charge in [-0.15, -0.1) is 11.3 Å². The van der Waals surface area contributed by atoms with Gasteiger partial charge in [-0.1, -0.05) is 0 Å². The highest BCUT2D eigenvalue weighted by Crippen LogP contribution is 2.26. The Labute approximate surface area is 116 Å². The zero-order valence-electron chi connectivity index (χ0n) is 10.5. The standard InChI is InChI=1S/C11H18BrNO2S2/c1-8-10(12)5-9(16-8)6-13-7-11(2,3)17(4,14)15/h5,13H,6-7H2,1-4H3. The summed E-state index contributed by atoms with van der Waals surface area (Å²) in [6.07, 6.45) is 1.28. The molecule has 0 unspecified atom stereocenters. The lowest BCUT2D eigenvalue weighted by atomic mass is 10.2. The number of halogens is 1. The van der Waals surface area contributed by atoms with Crippen molar-refractivity contribution in [2.75, 3.05) is 12.8 Å². The lowest BCUT2D eigenvalue weighted by molar-refractivity contribution is 0.522. The summed E-state index contributed by atoms with van der Waals surface area (Å²) < 4.78 is 23.4. The highest BCUT2D eigenvalue weighted by Gasteiger charge is 2.29. The van der Waals surface area contributed by atoms with Crippen molar-refractivity contribution in [3.05, 3.63) is 20.3 Å². The van der Waals surface area contributed by atoms with Crippen LogP contribution in [0.3, 0.4) is 0 Å². The largest absolute Gasteiger partial charge is 0.310 e. The van der Waals surface area contributed by atoms with Crippen molar-refractivity contribution in [3.8, 4) is 0 Å². The minimum Gasteiger partial charge on any atom is -0.310 e. The van der Waals surface area contributed by atoms with E-state index in [9.17, 15) is 8.42 Å². The Morgan fingerprint density at radius 1 is 1.47 bits per heavy atom. The normalized spacial score (nSPS) is 13.0. The van der Waals surface area contributed by atoms with E-state index in [1.54, 1.807) is 25.2 Å². The number of sulfone groups is 1. The summed E-state index contributed by atoms with van der Waals surface area (Å²) in [5.74, 6) is 0. The molecular weight excluding hydrogens is 322 g/mol. The molecule has 0 saturated heterocycles. The zero-order chi connectivity index (χ0) is 13.3. The molecule has 0 bridgehead atoms. The maximum Gasteiger partial charge on any atom is 0.153 e. The zero-order valence-corrected chi connectivity index (χ0v) is 13.7. The first-order valence-electron chi connectivity index (χ1n) is 5.28. The van der Waals surface area contributed by atoms with Crippen LogP contribution in [0.15, 0.2) is 10.5 Å². The van der Waals surface area contributed by atoms with Gasteiger partial charge in [0.1, 0.15) is 0 Å². The van der Waals surface area contributed by atoms with E-state index < -0.39 is 14.6 Å². The Morgan fingerprint density at radius 2 is 2.06 bits per heavy atom. The fourth-order valence-corrected chi connectivity index (χ4v) is 3.16. The molecule has 0 aliphatic carbocycles.